The molecule has 1 aliphatic rings. The quantitative estimate of drug-likeness (QED) is 0.580. The van der Waals surface area contributed by atoms with Gasteiger partial charge >= 0.3 is 0 Å². The van der Waals surface area contributed by atoms with Crippen molar-refractivity contribution in [2.75, 3.05) is 33.5 Å². The van der Waals surface area contributed by atoms with Gasteiger partial charge in [0.2, 0.25) is 0 Å². The van der Waals surface area contributed by atoms with Crippen molar-refractivity contribution in [1.29, 1.82) is 0 Å². The highest BCUT2D eigenvalue weighted by molar-refractivity contribution is 4.82. The maximum absolute atomic E-state index is 5.83. The van der Waals surface area contributed by atoms with Crippen molar-refractivity contribution in [2.45, 2.75) is 37.8 Å². The van der Waals surface area contributed by atoms with E-state index in [0.29, 0.717) is 25.3 Å². The van der Waals surface area contributed by atoms with Crippen LogP contribution in [0.5, 0.6) is 0 Å². The van der Waals surface area contributed by atoms with Crippen molar-refractivity contribution in [3.05, 3.63) is 0 Å². The van der Waals surface area contributed by atoms with E-state index in [0.717, 1.165) is 26.0 Å². The summed E-state index contributed by atoms with van der Waals surface area (Å²) in [4.78, 5) is 0. The summed E-state index contributed by atoms with van der Waals surface area (Å²) in [6, 6.07) is 1.06. The van der Waals surface area contributed by atoms with Gasteiger partial charge in [-0.15, -0.1) is 0 Å². The predicted molar refractivity (Wildman–Crippen MR) is 60.9 cm³/mol. The summed E-state index contributed by atoms with van der Waals surface area (Å²) in [5.74, 6) is 0. The Morgan fingerprint density at radius 3 is 2.80 bits per heavy atom. The fourth-order valence-corrected chi connectivity index (χ4v) is 1.93. The van der Waals surface area contributed by atoms with Gasteiger partial charge in [-0.05, 0) is 32.2 Å². The van der Waals surface area contributed by atoms with Crippen molar-refractivity contribution < 1.29 is 9.47 Å². The first-order valence-corrected chi connectivity index (χ1v) is 5.88. The minimum Gasteiger partial charge on any atom is -0.382 e. The highest BCUT2D eigenvalue weighted by Gasteiger charge is 2.20. The Morgan fingerprint density at radius 2 is 2.13 bits per heavy atom. The number of hydrogen-bond acceptors (Lipinski definition) is 4. The predicted octanol–water partition coefficient (Wildman–Crippen LogP) is 0.509. The second kappa shape index (κ2) is 8.05. The Kier molecular flexibility index (Phi) is 6.92. The number of hydrogen-bond donors (Lipinski definition) is 2. The number of ether oxygens (including phenoxy) is 2. The molecule has 0 radical (unpaired) electrons. The molecule has 0 aliphatic heterocycles. The fraction of sp³-hybridized carbons (Fsp3) is 1.00. The lowest BCUT2D eigenvalue weighted by atomic mass is 10.2. The molecule has 1 fully saturated rings. The lowest BCUT2D eigenvalue weighted by Gasteiger charge is -2.11. The van der Waals surface area contributed by atoms with Crippen LogP contribution in [0.1, 0.15) is 25.7 Å². The smallest absolute Gasteiger partial charge is 0.0700 e. The molecule has 4 nitrogen and oxygen atoms in total. The van der Waals surface area contributed by atoms with E-state index in [2.05, 4.69) is 5.32 Å². The molecule has 4 heteroatoms. The number of rotatable bonds is 8. The third kappa shape index (κ3) is 6.10. The van der Waals surface area contributed by atoms with E-state index in [9.17, 15) is 0 Å². The molecule has 2 unspecified atom stereocenters. The zero-order valence-corrected chi connectivity index (χ0v) is 9.71. The molecule has 3 N–H and O–H groups in total. The molecule has 0 heterocycles. The molecule has 15 heavy (non-hydrogen) atoms. The van der Waals surface area contributed by atoms with E-state index < -0.39 is 0 Å². The van der Waals surface area contributed by atoms with Crippen LogP contribution in [-0.2, 0) is 9.47 Å². The Balaban J connectivity index is 1.81. The standard InChI is InChI=1S/C11H24N2O2/c1-14-7-8-15-6-2-5-13-11-4-3-10(12)9-11/h10-11,13H,2-9,12H2,1H3. The molecule has 0 amide bonds. The maximum atomic E-state index is 5.83. The van der Waals surface area contributed by atoms with Crippen LogP contribution in [0.3, 0.4) is 0 Å². The highest BCUT2D eigenvalue weighted by Crippen LogP contribution is 2.16. The van der Waals surface area contributed by atoms with Crippen molar-refractivity contribution in [2.24, 2.45) is 5.73 Å². The number of nitrogens with one attached hydrogen (secondary N) is 1. The Morgan fingerprint density at radius 1 is 1.27 bits per heavy atom. The molecule has 0 spiro atoms. The molecule has 1 saturated carbocycles. The summed E-state index contributed by atoms with van der Waals surface area (Å²) >= 11 is 0. The second-order valence-corrected chi connectivity index (χ2v) is 4.18. The van der Waals surface area contributed by atoms with E-state index in [1.807, 2.05) is 0 Å². The van der Waals surface area contributed by atoms with E-state index in [1.54, 1.807) is 7.11 Å². The number of methoxy groups -OCH3 is 1. The third-order valence-electron chi connectivity index (χ3n) is 2.80. The first kappa shape index (κ1) is 12.9. The molecular weight excluding hydrogens is 192 g/mol. The van der Waals surface area contributed by atoms with Gasteiger partial charge in [0.05, 0.1) is 13.2 Å². The van der Waals surface area contributed by atoms with Crippen LogP contribution in [-0.4, -0.2) is 45.6 Å². The molecule has 0 aromatic rings. The summed E-state index contributed by atoms with van der Waals surface area (Å²) in [5, 5.41) is 3.51. The lowest BCUT2D eigenvalue weighted by Crippen LogP contribution is -2.29. The minimum absolute atomic E-state index is 0.417. The molecule has 90 valence electrons. The van der Waals surface area contributed by atoms with Gasteiger partial charge in [-0.1, -0.05) is 0 Å². The van der Waals surface area contributed by atoms with Crippen LogP contribution in [0.25, 0.3) is 0 Å². The number of nitrogens with two attached hydrogens (primary N) is 1. The first-order valence-electron chi connectivity index (χ1n) is 5.88. The van der Waals surface area contributed by atoms with Crippen LogP contribution in [0.4, 0.5) is 0 Å². The second-order valence-electron chi connectivity index (χ2n) is 4.18. The highest BCUT2D eigenvalue weighted by atomic mass is 16.5. The molecule has 1 rings (SSSR count). The maximum Gasteiger partial charge on any atom is 0.0700 e. The lowest BCUT2D eigenvalue weighted by molar-refractivity contribution is 0.0692. The van der Waals surface area contributed by atoms with Crippen molar-refractivity contribution in [3.63, 3.8) is 0 Å². The molecule has 1 aliphatic carbocycles. The Bertz CT molecular complexity index is 156. The minimum atomic E-state index is 0.417. The summed E-state index contributed by atoms with van der Waals surface area (Å²) < 4.78 is 10.3. The summed E-state index contributed by atoms with van der Waals surface area (Å²) in [5.41, 5.74) is 5.83. The van der Waals surface area contributed by atoms with Gasteiger partial charge in [0, 0.05) is 25.8 Å². The molecule has 0 saturated heterocycles. The van der Waals surface area contributed by atoms with Gasteiger partial charge < -0.3 is 20.5 Å². The van der Waals surface area contributed by atoms with Crippen molar-refractivity contribution in [1.82, 2.24) is 5.32 Å². The fourth-order valence-electron chi connectivity index (χ4n) is 1.93. The normalized spacial score (nSPS) is 26.0. The van der Waals surface area contributed by atoms with E-state index in [-0.39, 0.29) is 0 Å². The van der Waals surface area contributed by atoms with Crippen molar-refractivity contribution in [3.8, 4) is 0 Å². The zero-order valence-electron chi connectivity index (χ0n) is 9.71. The SMILES string of the molecule is COCCOCCCNC1CCC(N)C1. The van der Waals surface area contributed by atoms with E-state index in [4.69, 9.17) is 15.2 Å². The van der Waals surface area contributed by atoms with Crippen LogP contribution in [0.15, 0.2) is 0 Å². The van der Waals surface area contributed by atoms with Crippen LogP contribution in [0.2, 0.25) is 0 Å². The third-order valence-corrected chi connectivity index (χ3v) is 2.80. The van der Waals surface area contributed by atoms with Gasteiger partial charge in [0.15, 0.2) is 0 Å². The average molecular weight is 216 g/mol. The van der Waals surface area contributed by atoms with Crippen LogP contribution in [0, 0.1) is 0 Å². The summed E-state index contributed by atoms with van der Waals surface area (Å²) in [6.07, 6.45) is 4.59. The molecule has 0 aromatic heterocycles. The topological polar surface area (TPSA) is 56.5 Å². The Labute approximate surface area is 92.5 Å². The van der Waals surface area contributed by atoms with Crippen LogP contribution < -0.4 is 11.1 Å². The molecule has 0 bridgehead atoms. The zero-order chi connectivity index (χ0) is 10.9. The van der Waals surface area contributed by atoms with Gasteiger partial charge in [-0.3, -0.25) is 0 Å². The largest absolute Gasteiger partial charge is 0.382 e. The summed E-state index contributed by atoms with van der Waals surface area (Å²) in [7, 11) is 1.69. The Hall–Kier alpha value is -0.160. The van der Waals surface area contributed by atoms with Gasteiger partial charge in [-0.25, -0.2) is 0 Å². The molecular formula is C11H24N2O2. The molecule has 2 atom stereocenters. The van der Waals surface area contributed by atoms with Crippen molar-refractivity contribution >= 4 is 0 Å². The van der Waals surface area contributed by atoms with E-state index >= 15 is 0 Å². The van der Waals surface area contributed by atoms with Gasteiger partial charge in [0.1, 0.15) is 0 Å². The monoisotopic (exact) mass is 216 g/mol. The average Bonchev–Trinajstić information content (AvgIpc) is 2.63. The summed E-state index contributed by atoms with van der Waals surface area (Å²) in [6.45, 7) is 3.23. The van der Waals surface area contributed by atoms with Gasteiger partial charge in [0.25, 0.3) is 0 Å². The first-order chi connectivity index (χ1) is 7.33. The molecule has 0 aromatic carbocycles. The van der Waals surface area contributed by atoms with Crippen LogP contribution >= 0.6 is 0 Å². The van der Waals surface area contributed by atoms with E-state index in [1.165, 1.54) is 12.8 Å². The van der Waals surface area contributed by atoms with Gasteiger partial charge in [-0.2, -0.15) is 0 Å².